The summed E-state index contributed by atoms with van der Waals surface area (Å²) in [4.78, 5) is 20.5. The largest absolute Gasteiger partial charge is 0.334 e. The van der Waals surface area contributed by atoms with Crippen LogP contribution in [0.2, 0.25) is 0 Å². The molecule has 0 aliphatic carbocycles. The minimum Gasteiger partial charge on any atom is -0.334 e. The fourth-order valence-corrected chi connectivity index (χ4v) is 2.91. The zero-order valence-corrected chi connectivity index (χ0v) is 15.2. The number of nitrogens with zero attached hydrogens (tertiary/aromatic N) is 3. The van der Waals surface area contributed by atoms with Gasteiger partial charge in [-0.2, -0.15) is 4.98 Å². The standard InChI is InChI=1S/C18H15BrN4O2/c1-3-5-15(24)21-16-11(2)8-13(19)9-14(16)18-22-17(23-25-18)12-6-4-7-20-10-12/h3-10H,1-2H3,(H,21,24). The van der Waals surface area contributed by atoms with E-state index in [2.05, 4.69) is 36.4 Å². The monoisotopic (exact) mass is 398 g/mol. The molecular formula is C18H15BrN4O2. The number of nitrogens with one attached hydrogen (secondary N) is 1. The van der Waals surface area contributed by atoms with Crippen molar-refractivity contribution in [3.63, 3.8) is 0 Å². The van der Waals surface area contributed by atoms with E-state index in [1.165, 1.54) is 6.08 Å². The van der Waals surface area contributed by atoms with Crippen molar-refractivity contribution in [2.75, 3.05) is 5.32 Å². The first-order chi connectivity index (χ1) is 12.1. The quantitative estimate of drug-likeness (QED) is 0.659. The number of allylic oxidation sites excluding steroid dienone is 1. The Kier molecular flexibility index (Phi) is 5.04. The molecule has 1 N–H and O–H groups in total. The lowest BCUT2D eigenvalue weighted by Crippen LogP contribution is -2.10. The van der Waals surface area contributed by atoms with Crippen LogP contribution in [0, 0.1) is 6.92 Å². The number of pyridine rings is 1. The number of aryl methyl sites for hydroxylation is 1. The molecule has 6 nitrogen and oxygen atoms in total. The van der Waals surface area contributed by atoms with E-state index in [0.717, 1.165) is 15.6 Å². The summed E-state index contributed by atoms with van der Waals surface area (Å²) >= 11 is 3.47. The van der Waals surface area contributed by atoms with E-state index < -0.39 is 0 Å². The predicted octanol–water partition coefficient (Wildman–Crippen LogP) is 4.38. The fraction of sp³-hybridized carbons (Fsp3) is 0.111. The first-order valence-corrected chi connectivity index (χ1v) is 8.36. The first-order valence-electron chi connectivity index (χ1n) is 7.57. The number of hydrogen-bond donors (Lipinski definition) is 1. The van der Waals surface area contributed by atoms with Crippen LogP contribution in [0.25, 0.3) is 22.8 Å². The highest BCUT2D eigenvalue weighted by atomic mass is 79.9. The summed E-state index contributed by atoms with van der Waals surface area (Å²) in [7, 11) is 0. The summed E-state index contributed by atoms with van der Waals surface area (Å²) < 4.78 is 6.27. The Balaban J connectivity index is 2.05. The molecule has 25 heavy (non-hydrogen) atoms. The Morgan fingerprint density at radius 3 is 2.92 bits per heavy atom. The summed E-state index contributed by atoms with van der Waals surface area (Å²) in [5.41, 5.74) is 2.91. The molecule has 0 unspecified atom stereocenters. The number of carbonyl (C=O) groups excluding carboxylic acids is 1. The molecule has 7 heteroatoms. The van der Waals surface area contributed by atoms with Gasteiger partial charge in [-0.05, 0) is 49.8 Å². The third-order valence-electron chi connectivity index (χ3n) is 3.44. The molecule has 0 aliphatic rings. The summed E-state index contributed by atoms with van der Waals surface area (Å²) in [6.07, 6.45) is 6.48. The smallest absolute Gasteiger partial charge is 0.260 e. The van der Waals surface area contributed by atoms with Gasteiger partial charge < -0.3 is 9.84 Å². The van der Waals surface area contributed by atoms with Crippen molar-refractivity contribution >= 4 is 27.5 Å². The van der Waals surface area contributed by atoms with Crippen molar-refractivity contribution in [3.8, 4) is 22.8 Å². The third-order valence-corrected chi connectivity index (χ3v) is 3.90. The lowest BCUT2D eigenvalue weighted by Gasteiger charge is -2.11. The number of rotatable bonds is 4. The number of benzene rings is 1. The van der Waals surface area contributed by atoms with Crippen LogP contribution in [-0.4, -0.2) is 21.0 Å². The van der Waals surface area contributed by atoms with Crippen LogP contribution in [0.5, 0.6) is 0 Å². The van der Waals surface area contributed by atoms with E-state index in [-0.39, 0.29) is 5.91 Å². The Bertz CT molecular complexity index is 936. The summed E-state index contributed by atoms with van der Waals surface area (Å²) in [6.45, 7) is 3.69. The SMILES string of the molecule is CC=CC(=O)Nc1c(C)cc(Br)cc1-c1nc(-c2cccnc2)no1. The topological polar surface area (TPSA) is 80.9 Å². The predicted molar refractivity (Wildman–Crippen MR) is 98.8 cm³/mol. The van der Waals surface area contributed by atoms with E-state index in [4.69, 9.17) is 4.52 Å². The van der Waals surface area contributed by atoms with Gasteiger partial charge in [0, 0.05) is 22.4 Å². The molecule has 0 spiro atoms. The average molecular weight is 399 g/mol. The third kappa shape index (κ3) is 3.83. The molecule has 1 aromatic carbocycles. The van der Waals surface area contributed by atoms with Gasteiger partial charge in [0.15, 0.2) is 0 Å². The van der Waals surface area contributed by atoms with Crippen molar-refractivity contribution in [2.24, 2.45) is 0 Å². The normalized spacial score (nSPS) is 11.0. The highest BCUT2D eigenvalue weighted by molar-refractivity contribution is 9.10. The van der Waals surface area contributed by atoms with Crippen LogP contribution in [-0.2, 0) is 4.79 Å². The number of halogens is 1. The minimum absolute atomic E-state index is 0.221. The van der Waals surface area contributed by atoms with Crippen LogP contribution in [0.1, 0.15) is 12.5 Å². The van der Waals surface area contributed by atoms with Gasteiger partial charge in [-0.15, -0.1) is 0 Å². The van der Waals surface area contributed by atoms with Gasteiger partial charge in [-0.1, -0.05) is 27.2 Å². The van der Waals surface area contributed by atoms with E-state index in [1.54, 1.807) is 31.5 Å². The molecule has 126 valence electrons. The molecule has 3 rings (SSSR count). The Labute approximate surface area is 153 Å². The number of aromatic nitrogens is 3. The Hall–Kier alpha value is -2.80. The lowest BCUT2D eigenvalue weighted by molar-refractivity contribution is -0.111. The van der Waals surface area contributed by atoms with Crippen molar-refractivity contribution in [1.82, 2.24) is 15.1 Å². The molecular weight excluding hydrogens is 384 g/mol. The molecule has 3 aromatic rings. The first kappa shape index (κ1) is 17.0. The molecule has 0 aliphatic heterocycles. The number of amides is 1. The van der Waals surface area contributed by atoms with Crippen LogP contribution in [0.15, 0.2) is 57.8 Å². The number of hydrogen-bond acceptors (Lipinski definition) is 5. The van der Waals surface area contributed by atoms with Gasteiger partial charge in [0.05, 0.1) is 11.3 Å². The van der Waals surface area contributed by atoms with Gasteiger partial charge in [0.1, 0.15) is 0 Å². The number of carbonyl (C=O) groups is 1. The molecule has 0 fully saturated rings. The summed E-state index contributed by atoms with van der Waals surface area (Å²) in [5.74, 6) is 0.534. The minimum atomic E-state index is -0.221. The van der Waals surface area contributed by atoms with Crippen LogP contribution in [0.4, 0.5) is 5.69 Å². The van der Waals surface area contributed by atoms with E-state index in [9.17, 15) is 4.79 Å². The van der Waals surface area contributed by atoms with Crippen molar-refractivity contribution < 1.29 is 9.32 Å². The van der Waals surface area contributed by atoms with Gasteiger partial charge in [-0.25, -0.2) is 0 Å². The number of anilines is 1. The molecule has 2 heterocycles. The Morgan fingerprint density at radius 2 is 2.20 bits per heavy atom. The summed E-state index contributed by atoms with van der Waals surface area (Å²) in [5, 5.41) is 6.88. The van der Waals surface area contributed by atoms with Crippen LogP contribution < -0.4 is 5.32 Å². The highest BCUT2D eigenvalue weighted by Crippen LogP contribution is 2.34. The van der Waals surface area contributed by atoms with Gasteiger partial charge in [0.25, 0.3) is 5.89 Å². The van der Waals surface area contributed by atoms with Gasteiger partial charge in [0.2, 0.25) is 11.7 Å². The molecule has 0 saturated heterocycles. The van der Waals surface area contributed by atoms with Gasteiger partial charge >= 0.3 is 0 Å². The average Bonchev–Trinajstić information content (AvgIpc) is 3.08. The lowest BCUT2D eigenvalue weighted by atomic mass is 10.1. The molecule has 0 atom stereocenters. The van der Waals surface area contributed by atoms with Crippen molar-refractivity contribution in [3.05, 3.63) is 58.8 Å². The maximum absolute atomic E-state index is 12.0. The summed E-state index contributed by atoms with van der Waals surface area (Å²) in [6, 6.07) is 7.39. The second-order valence-corrected chi connectivity index (χ2v) is 6.22. The van der Waals surface area contributed by atoms with Gasteiger partial charge in [-0.3, -0.25) is 9.78 Å². The van der Waals surface area contributed by atoms with Crippen molar-refractivity contribution in [1.29, 1.82) is 0 Å². The zero-order chi connectivity index (χ0) is 17.8. The molecule has 0 bridgehead atoms. The highest BCUT2D eigenvalue weighted by Gasteiger charge is 2.18. The molecule has 2 aromatic heterocycles. The maximum atomic E-state index is 12.0. The van der Waals surface area contributed by atoms with Crippen LogP contribution >= 0.6 is 15.9 Å². The second kappa shape index (κ2) is 7.40. The van der Waals surface area contributed by atoms with Crippen LogP contribution in [0.3, 0.4) is 0 Å². The molecule has 0 radical (unpaired) electrons. The van der Waals surface area contributed by atoms with E-state index in [0.29, 0.717) is 23.0 Å². The fourth-order valence-electron chi connectivity index (χ4n) is 2.34. The van der Waals surface area contributed by atoms with Crippen molar-refractivity contribution in [2.45, 2.75) is 13.8 Å². The molecule has 1 amide bonds. The van der Waals surface area contributed by atoms with E-state index >= 15 is 0 Å². The zero-order valence-electron chi connectivity index (χ0n) is 13.7. The van der Waals surface area contributed by atoms with E-state index in [1.807, 2.05) is 25.1 Å². The molecule has 0 saturated carbocycles. The Morgan fingerprint density at radius 1 is 1.36 bits per heavy atom. The second-order valence-electron chi connectivity index (χ2n) is 5.30. The maximum Gasteiger partial charge on any atom is 0.260 e.